The lowest BCUT2D eigenvalue weighted by Gasteiger charge is -2.11. The Bertz CT molecular complexity index is 757. The maximum absolute atomic E-state index is 12.5. The van der Waals surface area contributed by atoms with E-state index in [0.29, 0.717) is 10.7 Å². The van der Waals surface area contributed by atoms with Gasteiger partial charge in [0.2, 0.25) is 0 Å². The maximum atomic E-state index is 12.5. The van der Waals surface area contributed by atoms with E-state index in [4.69, 9.17) is 11.6 Å². The van der Waals surface area contributed by atoms with Gasteiger partial charge in [0.25, 0.3) is 0 Å². The molecule has 4 nitrogen and oxygen atoms in total. The van der Waals surface area contributed by atoms with Crippen molar-refractivity contribution >= 4 is 23.5 Å². The van der Waals surface area contributed by atoms with E-state index in [0.717, 1.165) is 11.6 Å². The summed E-state index contributed by atoms with van der Waals surface area (Å²) in [7, 11) is 0. The van der Waals surface area contributed by atoms with Gasteiger partial charge in [0.1, 0.15) is 11.5 Å². The lowest BCUT2D eigenvalue weighted by molar-refractivity contribution is -0.0543. The Morgan fingerprint density at radius 1 is 1.04 bits per heavy atom. The second-order valence-corrected chi connectivity index (χ2v) is 5.20. The number of hydrogen-bond acceptors (Lipinski definition) is 4. The molecular formula is C16H13ClF4N2O2. The lowest BCUT2D eigenvalue weighted by Crippen LogP contribution is -2.07. The van der Waals surface area contributed by atoms with E-state index in [9.17, 15) is 17.6 Å². The van der Waals surface area contributed by atoms with Gasteiger partial charge in [-0.1, -0.05) is 17.7 Å². The molecule has 0 aliphatic heterocycles. The van der Waals surface area contributed by atoms with Gasteiger partial charge in [-0.15, -0.1) is 0 Å². The number of alkyl halides is 4. The zero-order valence-corrected chi connectivity index (χ0v) is 13.6. The van der Waals surface area contributed by atoms with Crippen molar-refractivity contribution in [1.29, 1.82) is 0 Å². The Labute approximate surface area is 146 Å². The van der Waals surface area contributed by atoms with Crippen molar-refractivity contribution < 1.29 is 27.0 Å². The molecule has 0 aliphatic rings. The van der Waals surface area contributed by atoms with Crippen molar-refractivity contribution in [2.75, 3.05) is 5.43 Å². The topological polar surface area (TPSA) is 42.9 Å². The van der Waals surface area contributed by atoms with Gasteiger partial charge in [-0.25, -0.2) is 0 Å². The largest absolute Gasteiger partial charge is 0.435 e. The van der Waals surface area contributed by atoms with Gasteiger partial charge >= 0.3 is 13.2 Å². The minimum Gasteiger partial charge on any atom is -0.435 e. The molecule has 0 unspecified atom stereocenters. The van der Waals surface area contributed by atoms with Crippen LogP contribution in [-0.4, -0.2) is 19.4 Å². The first-order valence-corrected chi connectivity index (χ1v) is 7.32. The molecule has 0 radical (unpaired) electrons. The molecule has 2 rings (SSSR count). The van der Waals surface area contributed by atoms with E-state index >= 15 is 0 Å². The first-order valence-electron chi connectivity index (χ1n) is 6.94. The Hall–Kier alpha value is -2.48. The first-order chi connectivity index (χ1) is 11.8. The molecule has 2 aromatic carbocycles. The molecule has 0 aliphatic carbocycles. The van der Waals surface area contributed by atoms with Gasteiger partial charge in [0.15, 0.2) is 0 Å². The third-order valence-corrected chi connectivity index (χ3v) is 3.40. The Morgan fingerprint density at radius 3 is 2.40 bits per heavy atom. The van der Waals surface area contributed by atoms with E-state index in [-0.39, 0.29) is 17.1 Å². The molecule has 0 amide bonds. The highest BCUT2D eigenvalue weighted by Gasteiger charge is 2.12. The average Bonchev–Trinajstić information content (AvgIpc) is 2.51. The van der Waals surface area contributed by atoms with Crippen LogP contribution in [0.3, 0.4) is 0 Å². The number of ether oxygens (including phenoxy) is 2. The SMILES string of the molecule is Cc1ccc(N/N=C\c2ccc(OC(F)F)cc2OC(F)F)cc1Cl. The summed E-state index contributed by atoms with van der Waals surface area (Å²) in [6.07, 6.45) is 1.21. The van der Waals surface area contributed by atoms with Gasteiger partial charge in [-0.05, 0) is 36.8 Å². The van der Waals surface area contributed by atoms with E-state index in [1.54, 1.807) is 18.2 Å². The number of anilines is 1. The van der Waals surface area contributed by atoms with E-state index in [1.807, 2.05) is 6.92 Å². The molecule has 2 aromatic rings. The summed E-state index contributed by atoms with van der Waals surface area (Å²) < 4.78 is 57.8. The maximum Gasteiger partial charge on any atom is 0.387 e. The Balaban J connectivity index is 2.17. The smallest absolute Gasteiger partial charge is 0.387 e. The average molecular weight is 377 g/mol. The summed E-state index contributed by atoms with van der Waals surface area (Å²) in [5, 5.41) is 4.43. The number of hydrogen-bond donors (Lipinski definition) is 1. The number of benzene rings is 2. The molecule has 0 fully saturated rings. The fraction of sp³-hybridized carbons (Fsp3) is 0.188. The highest BCUT2D eigenvalue weighted by molar-refractivity contribution is 6.31. The number of nitrogens with one attached hydrogen (secondary N) is 1. The molecule has 0 heterocycles. The van der Waals surface area contributed by atoms with Crippen LogP contribution in [-0.2, 0) is 0 Å². The number of hydrazone groups is 1. The van der Waals surface area contributed by atoms with Crippen LogP contribution in [0.15, 0.2) is 41.5 Å². The van der Waals surface area contributed by atoms with Crippen molar-refractivity contribution in [2.45, 2.75) is 20.1 Å². The Morgan fingerprint density at radius 2 is 1.76 bits per heavy atom. The van der Waals surface area contributed by atoms with Crippen LogP contribution < -0.4 is 14.9 Å². The molecular weight excluding hydrogens is 364 g/mol. The molecule has 0 saturated heterocycles. The van der Waals surface area contributed by atoms with Crippen molar-refractivity contribution in [3.8, 4) is 11.5 Å². The fourth-order valence-corrected chi connectivity index (χ4v) is 2.01. The molecule has 0 spiro atoms. The number of rotatable bonds is 7. The van der Waals surface area contributed by atoms with Gasteiger partial charge in [-0.3, -0.25) is 5.43 Å². The van der Waals surface area contributed by atoms with Crippen LogP contribution in [0.5, 0.6) is 11.5 Å². The first kappa shape index (κ1) is 18.9. The van der Waals surface area contributed by atoms with Crippen LogP contribution >= 0.6 is 11.6 Å². The summed E-state index contributed by atoms with van der Waals surface area (Å²) in [6, 6.07) is 8.54. The van der Waals surface area contributed by atoms with Crippen LogP contribution in [0.4, 0.5) is 23.2 Å². The molecule has 25 heavy (non-hydrogen) atoms. The van der Waals surface area contributed by atoms with Crippen LogP contribution in [0, 0.1) is 6.92 Å². The van der Waals surface area contributed by atoms with Crippen LogP contribution in [0.1, 0.15) is 11.1 Å². The van der Waals surface area contributed by atoms with Crippen molar-refractivity contribution in [3.63, 3.8) is 0 Å². The van der Waals surface area contributed by atoms with Gasteiger partial charge in [-0.2, -0.15) is 22.7 Å². The zero-order valence-electron chi connectivity index (χ0n) is 12.8. The van der Waals surface area contributed by atoms with E-state index in [1.165, 1.54) is 18.3 Å². The highest BCUT2D eigenvalue weighted by atomic mass is 35.5. The van der Waals surface area contributed by atoms with Crippen molar-refractivity contribution in [3.05, 3.63) is 52.5 Å². The fourth-order valence-electron chi connectivity index (χ4n) is 1.83. The van der Waals surface area contributed by atoms with E-state index < -0.39 is 13.2 Å². The predicted octanol–water partition coefficient (Wildman–Crippen LogP) is 5.30. The predicted molar refractivity (Wildman–Crippen MR) is 87.1 cm³/mol. The summed E-state index contributed by atoms with van der Waals surface area (Å²) in [5.41, 5.74) is 4.30. The summed E-state index contributed by atoms with van der Waals surface area (Å²) in [6.45, 7) is -4.36. The highest BCUT2D eigenvalue weighted by Crippen LogP contribution is 2.26. The minimum absolute atomic E-state index is 0.146. The number of aryl methyl sites for hydroxylation is 1. The minimum atomic E-state index is -3.13. The van der Waals surface area contributed by atoms with Gasteiger partial charge in [0, 0.05) is 16.7 Å². The summed E-state index contributed by atoms with van der Waals surface area (Å²) in [4.78, 5) is 0. The third-order valence-electron chi connectivity index (χ3n) is 3.00. The molecule has 134 valence electrons. The summed E-state index contributed by atoms with van der Waals surface area (Å²) >= 11 is 5.98. The lowest BCUT2D eigenvalue weighted by atomic mass is 10.2. The monoisotopic (exact) mass is 376 g/mol. The third kappa shape index (κ3) is 5.82. The molecule has 0 bridgehead atoms. The molecule has 0 saturated carbocycles. The molecule has 1 N–H and O–H groups in total. The van der Waals surface area contributed by atoms with Gasteiger partial charge in [0.05, 0.1) is 11.9 Å². The standard InChI is InChI=1S/C16H13ClF4N2O2/c1-9-2-4-11(6-13(9)17)23-22-8-10-3-5-12(24-15(18)19)7-14(10)25-16(20)21/h2-8,15-16,23H,1H3/b22-8-. The molecule has 0 aromatic heterocycles. The number of halogens is 5. The molecule has 0 atom stereocenters. The molecule has 9 heteroatoms. The Kier molecular flexibility index (Phi) is 6.46. The van der Waals surface area contributed by atoms with Crippen LogP contribution in [0.25, 0.3) is 0 Å². The quantitative estimate of drug-likeness (QED) is 0.405. The van der Waals surface area contributed by atoms with E-state index in [2.05, 4.69) is 20.0 Å². The summed E-state index contributed by atoms with van der Waals surface area (Å²) in [5.74, 6) is -0.651. The normalized spacial score (nSPS) is 11.4. The van der Waals surface area contributed by atoms with Gasteiger partial charge < -0.3 is 9.47 Å². The second-order valence-electron chi connectivity index (χ2n) is 4.79. The zero-order chi connectivity index (χ0) is 18.4. The van der Waals surface area contributed by atoms with Crippen molar-refractivity contribution in [2.24, 2.45) is 5.10 Å². The van der Waals surface area contributed by atoms with Crippen molar-refractivity contribution in [1.82, 2.24) is 0 Å². The number of nitrogens with zero attached hydrogens (tertiary/aromatic N) is 1. The van der Waals surface area contributed by atoms with Crippen LogP contribution in [0.2, 0.25) is 5.02 Å². The second kappa shape index (κ2) is 8.57.